The molecule has 0 fully saturated rings. The molecule has 162 valence electrons. The summed E-state index contributed by atoms with van der Waals surface area (Å²) in [5.41, 5.74) is -2.35. The standard InChI is InChI=1S/C22H27O7P/c1-21(2,28-17-11-7-5-8-12-17)19(23)15-26-30(25)27-16-20(24)22(3,4)29-18-13-9-6-10-14-18/h5-14,30H,15-16H2,1-4H3. The van der Waals surface area contributed by atoms with Crippen LogP contribution in [0, 0.1) is 0 Å². The maximum atomic E-state index is 12.4. The predicted molar refractivity (Wildman–Crippen MR) is 113 cm³/mol. The summed E-state index contributed by atoms with van der Waals surface area (Å²) < 4.78 is 33.3. The Bertz CT molecular complexity index is 792. The van der Waals surface area contributed by atoms with E-state index in [9.17, 15) is 14.2 Å². The minimum atomic E-state index is -3.05. The molecule has 8 heteroatoms. The number of carbonyl (C=O) groups excluding carboxylic acids is 2. The van der Waals surface area contributed by atoms with Crippen LogP contribution >= 0.6 is 8.25 Å². The number of benzene rings is 2. The van der Waals surface area contributed by atoms with E-state index in [1.165, 1.54) is 0 Å². The monoisotopic (exact) mass is 434 g/mol. The van der Waals surface area contributed by atoms with Crippen LogP contribution in [0.25, 0.3) is 0 Å². The zero-order valence-corrected chi connectivity index (χ0v) is 18.5. The van der Waals surface area contributed by atoms with Gasteiger partial charge in [-0.2, -0.15) is 0 Å². The first-order chi connectivity index (χ1) is 14.1. The highest BCUT2D eigenvalue weighted by Gasteiger charge is 2.32. The van der Waals surface area contributed by atoms with E-state index in [1.54, 1.807) is 76.2 Å². The fourth-order valence-electron chi connectivity index (χ4n) is 2.32. The van der Waals surface area contributed by atoms with E-state index in [-0.39, 0.29) is 0 Å². The van der Waals surface area contributed by atoms with Gasteiger partial charge in [0.15, 0.2) is 11.2 Å². The lowest BCUT2D eigenvalue weighted by atomic mass is 10.0. The van der Waals surface area contributed by atoms with Crippen molar-refractivity contribution in [2.24, 2.45) is 0 Å². The number of hydrogen-bond donors (Lipinski definition) is 0. The Morgan fingerprint density at radius 1 is 0.700 bits per heavy atom. The molecule has 0 N–H and O–H groups in total. The van der Waals surface area contributed by atoms with E-state index in [2.05, 4.69) is 0 Å². The normalized spacial score (nSPS) is 11.9. The lowest BCUT2D eigenvalue weighted by Crippen LogP contribution is -2.41. The Labute approximate surface area is 177 Å². The second-order valence-corrected chi connectivity index (χ2v) is 8.60. The molecule has 0 amide bonds. The fourth-order valence-corrected chi connectivity index (χ4v) is 2.90. The fraction of sp³-hybridized carbons (Fsp3) is 0.364. The average Bonchev–Trinajstić information content (AvgIpc) is 2.70. The lowest BCUT2D eigenvalue weighted by Gasteiger charge is -2.25. The molecule has 0 spiro atoms. The van der Waals surface area contributed by atoms with Crippen LogP contribution in [-0.2, 0) is 23.2 Å². The molecule has 0 atom stereocenters. The van der Waals surface area contributed by atoms with Gasteiger partial charge < -0.3 is 18.5 Å². The molecule has 7 nitrogen and oxygen atoms in total. The van der Waals surface area contributed by atoms with Gasteiger partial charge >= 0.3 is 8.25 Å². The highest BCUT2D eigenvalue weighted by atomic mass is 31.1. The first kappa shape index (κ1) is 23.8. The number of rotatable bonds is 12. The second-order valence-electron chi connectivity index (χ2n) is 7.52. The van der Waals surface area contributed by atoms with Gasteiger partial charge in [-0.15, -0.1) is 0 Å². The SMILES string of the molecule is CC(C)(Oc1ccccc1)C(=O)CO[PH](=O)OCC(=O)C(C)(C)Oc1ccccc1. The summed E-state index contributed by atoms with van der Waals surface area (Å²) in [6, 6.07) is 17.7. The second kappa shape index (κ2) is 10.5. The minimum Gasteiger partial charge on any atom is -0.480 e. The molecule has 0 radical (unpaired) electrons. The van der Waals surface area contributed by atoms with Gasteiger partial charge in [0.25, 0.3) is 0 Å². The highest BCUT2D eigenvalue weighted by molar-refractivity contribution is 7.33. The topological polar surface area (TPSA) is 88.1 Å². The molecule has 0 aliphatic rings. The van der Waals surface area contributed by atoms with Crippen LogP contribution in [0.4, 0.5) is 0 Å². The Kier molecular flexibility index (Phi) is 8.35. The van der Waals surface area contributed by atoms with Crippen molar-refractivity contribution in [2.45, 2.75) is 38.9 Å². The van der Waals surface area contributed by atoms with Gasteiger partial charge in [0.2, 0.25) is 11.6 Å². The van der Waals surface area contributed by atoms with Gasteiger partial charge in [0.05, 0.1) is 0 Å². The molecular formula is C22H27O7P. The molecular weight excluding hydrogens is 407 g/mol. The molecule has 0 heterocycles. The Balaban J connectivity index is 1.78. The van der Waals surface area contributed by atoms with Gasteiger partial charge in [-0.05, 0) is 52.0 Å². The van der Waals surface area contributed by atoms with E-state index >= 15 is 0 Å². The predicted octanol–water partition coefficient (Wildman–Crippen LogP) is 4.26. The number of ketones is 2. The minimum absolute atomic E-state index is 0.410. The summed E-state index contributed by atoms with van der Waals surface area (Å²) in [5, 5.41) is 0. The zero-order chi connectivity index (χ0) is 22.2. The van der Waals surface area contributed by atoms with Crippen molar-refractivity contribution in [2.75, 3.05) is 13.2 Å². The quantitative estimate of drug-likeness (QED) is 0.461. The molecule has 0 aromatic heterocycles. The van der Waals surface area contributed by atoms with Gasteiger partial charge in [-0.1, -0.05) is 36.4 Å². The molecule has 2 rings (SSSR count). The van der Waals surface area contributed by atoms with E-state index in [0.717, 1.165) is 0 Å². The first-order valence-corrected chi connectivity index (χ1v) is 10.7. The molecule has 0 saturated carbocycles. The molecule has 0 aliphatic heterocycles. The van der Waals surface area contributed by atoms with Crippen LogP contribution in [0.3, 0.4) is 0 Å². The molecule has 2 aromatic rings. The third kappa shape index (κ3) is 7.41. The van der Waals surface area contributed by atoms with Crippen molar-refractivity contribution in [3.8, 4) is 11.5 Å². The smallest absolute Gasteiger partial charge is 0.319 e. The number of hydrogen-bond acceptors (Lipinski definition) is 7. The van der Waals surface area contributed by atoms with E-state index < -0.39 is 44.2 Å². The van der Waals surface area contributed by atoms with Crippen LogP contribution < -0.4 is 9.47 Å². The number of ether oxygens (including phenoxy) is 2. The van der Waals surface area contributed by atoms with Gasteiger partial charge in [0, 0.05) is 0 Å². The third-order valence-corrected chi connectivity index (χ3v) is 4.98. The largest absolute Gasteiger partial charge is 0.480 e. The summed E-state index contributed by atoms with van der Waals surface area (Å²) >= 11 is 0. The van der Waals surface area contributed by atoms with Crippen molar-refractivity contribution in [1.29, 1.82) is 0 Å². The molecule has 0 aliphatic carbocycles. The van der Waals surface area contributed by atoms with Gasteiger partial charge in [0.1, 0.15) is 24.7 Å². The van der Waals surface area contributed by atoms with Crippen molar-refractivity contribution in [3.05, 3.63) is 60.7 Å². The van der Waals surface area contributed by atoms with Crippen LogP contribution in [0.1, 0.15) is 27.7 Å². The molecule has 30 heavy (non-hydrogen) atoms. The molecule has 0 unspecified atom stereocenters. The maximum absolute atomic E-state index is 12.4. The molecule has 0 saturated heterocycles. The third-order valence-electron chi connectivity index (χ3n) is 4.22. The summed E-state index contributed by atoms with van der Waals surface area (Å²) in [5.74, 6) is 0.247. The average molecular weight is 434 g/mol. The van der Waals surface area contributed by atoms with E-state index in [1.807, 2.05) is 12.1 Å². The molecule has 0 bridgehead atoms. The summed E-state index contributed by atoms with van der Waals surface area (Å²) in [4.78, 5) is 24.7. The number of para-hydroxylation sites is 2. The van der Waals surface area contributed by atoms with Crippen LogP contribution in [-0.4, -0.2) is 36.0 Å². The summed E-state index contributed by atoms with van der Waals surface area (Å²) in [6.45, 7) is 5.45. The maximum Gasteiger partial charge on any atom is 0.319 e. The van der Waals surface area contributed by atoms with E-state index in [4.69, 9.17) is 18.5 Å². The van der Waals surface area contributed by atoms with Crippen molar-refractivity contribution < 1.29 is 32.7 Å². The van der Waals surface area contributed by atoms with Crippen molar-refractivity contribution >= 4 is 19.8 Å². The highest BCUT2D eigenvalue weighted by Crippen LogP contribution is 2.27. The number of Topliss-reactive ketones (excluding diaryl/α,β-unsaturated/α-hetero) is 2. The van der Waals surface area contributed by atoms with Crippen LogP contribution in [0.5, 0.6) is 11.5 Å². The zero-order valence-electron chi connectivity index (χ0n) is 17.5. The van der Waals surface area contributed by atoms with Gasteiger partial charge in [-0.25, -0.2) is 0 Å². The Morgan fingerprint density at radius 2 is 1.03 bits per heavy atom. The summed E-state index contributed by atoms with van der Waals surface area (Å²) in [6.07, 6.45) is 0. The van der Waals surface area contributed by atoms with Crippen molar-refractivity contribution in [3.63, 3.8) is 0 Å². The van der Waals surface area contributed by atoms with E-state index in [0.29, 0.717) is 11.5 Å². The summed E-state index contributed by atoms with van der Waals surface area (Å²) in [7, 11) is -3.05. The lowest BCUT2D eigenvalue weighted by molar-refractivity contribution is -0.134. The van der Waals surface area contributed by atoms with Crippen LogP contribution in [0.15, 0.2) is 60.7 Å². The first-order valence-electron chi connectivity index (χ1n) is 9.44. The molecule has 2 aromatic carbocycles. The Hall–Kier alpha value is -2.47. The van der Waals surface area contributed by atoms with Crippen molar-refractivity contribution in [1.82, 2.24) is 0 Å². The van der Waals surface area contributed by atoms with Gasteiger partial charge in [-0.3, -0.25) is 14.2 Å². The number of carbonyl (C=O) groups is 2. The van der Waals surface area contributed by atoms with Crippen LogP contribution in [0.2, 0.25) is 0 Å². The Morgan fingerprint density at radius 3 is 1.37 bits per heavy atom.